The Morgan fingerprint density at radius 2 is 1.24 bits per heavy atom. The first-order valence-corrected chi connectivity index (χ1v) is 9.02. The maximum Gasteiger partial charge on any atom is 0.0865 e. The average Bonchev–Trinajstić information content (AvgIpc) is 2.64. The molecule has 0 saturated heterocycles. The second-order valence-corrected chi connectivity index (χ2v) is 6.37. The second-order valence-electron chi connectivity index (χ2n) is 6.37. The molecule has 128 valence electrons. The van der Waals surface area contributed by atoms with Crippen molar-refractivity contribution in [1.29, 1.82) is 0 Å². The van der Waals surface area contributed by atoms with Crippen LogP contribution in [0.25, 0.3) is 0 Å². The minimum absolute atomic E-state index is 0.453. The van der Waals surface area contributed by atoms with E-state index in [-0.39, 0.29) is 0 Å². The topological polar surface area (TPSA) is 20.2 Å². The first kappa shape index (κ1) is 18.9. The maximum absolute atomic E-state index is 11.0. The van der Waals surface area contributed by atoms with Crippen molar-refractivity contribution in [3.05, 3.63) is 71.8 Å². The molecule has 1 N–H and O–H groups in total. The molecule has 0 aliphatic rings. The minimum atomic E-state index is -0.835. The smallest absolute Gasteiger partial charge is 0.0865 e. The molecule has 1 heteroatoms. The van der Waals surface area contributed by atoms with Crippen molar-refractivity contribution in [2.45, 2.75) is 51.0 Å². The highest BCUT2D eigenvalue weighted by Gasteiger charge is 2.24. The molecular weight excluding hydrogens is 304 g/mol. The predicted octanol–water partition coefficient (Wildman–Crippen LogP) is 5.18. The fraction of sp³-hybridized carbons (Fsp3) is 0.333. The van der Waals surface area contributed by atoms with E-state index in [4.69, 9.17) is 0 Å². The van der Waals surface area contributed by atoms with E-state index in [1.807, 2.05) is 60.7 Å². The zero-order valence-electron chi connectivity index (χ0n) is 15.0. The monoisotopic (exact) mass is 330 g/mol. The van der Waals surface area contributed by atoms with E-state index in [0.717, 1.165) is 36.8 Å². The van der Waals surface area contributed by atoms with Gasteiger partial charge in [-0.25, -0.2) is 0 Å². The van der Waals surface area contributed by atoms with Crippen LogP contribution in [0.4, 0.5) is 0 Å². The third kappa shape index (κ3) is 7.30. The van der Waals surface area contributed by atoms with Gasteiger partial charge in [0.2, 0.25) is 0 Å². The number of rotatable bonds is 6. The van der Waals surface area contributed by atoms with Crippen molar-refractivity contribution in [2.24, 2.45) is 0 Å². The van der Waals surface area contributed by atoms with Crippen LogP contribution in [0.5, 0.6) is 0 Å². The Balaban J connectivity index is 2.02. The zero-order valence-corrected chi connectivity index (χ0v) is 15.0. The van der Waals surface area contributed by atoms with Crippen LogP contribution < -0.4 is 0 Å². The third-order valence-corrected chi connectivity index (χ3v) is 4.09. The molecule has 0 heterocycles. The van der Waals surface area contributed by atoms with Crippen molar-refractivity contribution in [1.82, 2.24) is 0 Å². The molecule has 0 aliphatic heterocycles. The molecule has 0 saturated carbocycles. The predicted molar refractivity (Wildman–Crippen MR) is 105 cm³/mol. The van der Waals surface area contributed by atoms with Crippen LogP contribution in [0.2, 0.25) is 0 Å². The molecule has 0 amide bonds. The SMILES string of the molecule is CCCCCC(O)(CC#Cc1ccccc1)CC#Cc1ccccc1. The van der Waals surface area contributed by atoms with Gasteiger partial charge < -0.3 is 5.11 Å². The van der Waals surface area contributed by atoms with Crippen LogP contribution in [0.1, 0.15) is 56.6 Å². The van der Waals surface area contributed by atoms with Gasteiger partial charge in [-0.2, -0.15) is 0 Å². The fourth-order valence-electron chi connectivity index (χ4n) is 2.61. The molecule has 1 nitrogen and oxygen atoms in total. The van der Waals surface area contributed by atoms with E-state index in [1.165, 1.54) is 0 Å². The van der Waals surface area contributed by atoms with Gasteiger partial charge in [-0.3, -0.25) is 0 Å². The van der Waals surface area contributed by atoms with E-state index in [1.54, 1.807) is 0 Å². The van der Waals surface area contributed by atoms with Crippen molar-refractivity contribution in [3.8, 4) is 23.7 Å². The van der Waals surface area contributed by atoms with Gasteiger partial charge in [-0.05, 0) is 30.7 Å². The number of hydrogen-bond donors (Lipinski definition) is 1. The number of hydrogen-bond acceptors (Lipinski definition) is 1. The van der Waals surface area contributed by atoms with Gasteiger partial charge in [0.05, 0.1) is 5.60 Å². The van der Waals surface area contributed by atoms with Gasteiger partial charge in [-0.15, -0.1) is 0 Å². The van der Waals surface area contributed by atoms with Crippen LogP contribution in [-0.2, 0) is 0 Å². The maximum atomic E-state index is 11.0. The summed E-state index contributed by atoms with van der Waals surface area (Å²) in [5, 5.41) is 11.0. The van der Waals surface area contributed by atoms with E-state index in [0.29, 0.717) is 12.8 Å². The Morgan fingerprint density at radius 1 is 0.760 bits per heavy atom. The van der Waals surface area contributed by atoms with Crippen molar-refractivity contribution in [3.63, 3.8) is 0 Å². The van der Waals surface area contributed by atoms with E-state index in [2.05, 4.69) is 30.6 Å². The summed E-state index contributed by atoms with van der Waals surface area (Å²) in [4.78, 5) is 0. The van der Waals surface area contributed by atoms with E-state index in [9.17, 15) is 5.11 Å². The Labute approximate surface area is 152 Å². The summed E-state index contributed by atoms with van der Waals surface area (Å²) >= 11 is 0. The third-order valence-electron chi connectivity index (χ3n) is 4.09. The standard InChI is InChI=1S/C24H26O/c1-2-3-10-19-24(25,20-11-17-22-13-6-4-7-14-22)21-12-18-23-15-8-5-9-16-23/h4-9,13-16,25H,2-3,10,19-21H2,1H3. The Kier molecular flexibility index (Phi) is 7.84. The van der Waals surface area contributed by atoms with Gasteiger partial charge in [0.15, 0.2) is 0 Å². The number of unbranched alkanes of at least 4 members (excludes halogenated alkanes) is 2. The largest absolute Gasteiger partial charge is 0.388 e. The first-order chi connectivity index (χ1) is 12.2. The molecule has 25 heavy (non-hydrogen) atoms. The zero-order chi connectivity index (χ0) is 17.8. The lowest BCUT2D eigenvalue weighted by atomic mass is 9.89. The van der Waals surface area contributed by atoms with Gasteiger partial charge in [0.25, 0.3) is 0 Å². The Morgan fingerprint density at radius 3 is 1.68 bits per heavy atom. The van der Waals surface area contributed by atoms with Crippen molar-refractivity contribution < 1.29 is 5.11 Å². The van der Waals surface area contributed by atoms with Crippen LogP contribution in [-0.4, -0.2) is 10.7 Å². The Bertz CT molecular complexity index is 679. The number of aliphatic hydroxyl groups is 1. The van der Waals surface area contributed by atoms with E-state index >= 15 is 0 Å². The molecule has 0 unspecified atom stereocenters. The molecule has 0 spiro atoms. The Hall–Kier alpha value is -2.48. The van der Waals surface area contributed by atoms with Crippen LogP contribution >= 0.6 is 0 Å². The molecule has 2 aromatic carbocycles. The summed E-state index contributed by atoms with van der Waals surface area (Å²) in [6.45, 7) is 2.17. The van der Waals surface area contributed by atoms with Crippen LogP contribution in [0.3, 0.4) is 0 Å². The molecule has 0 atom stereocenters. The van der Waals surface area contributed by atoms with Gasteiger partial charge in [-0.1, -0.05) is 86.3 Å². The van der Waals surface area contributed by atoms with Gasteiger partial charge >= 0.3 is 0 Å². The lowest BCUT2D eigenvalue weighted by Gasteiger charge is -2.23. The summed E-state index contributed by atoms with van der Waals surface area (Å²) in [5.41, 5.74) is 1.13. The minimum Gasteiger partial charge on any atom is -0.388 e. The normalized spacial score (nSPS) is 10.3. The lowest BCUT2D eigenvalue weighted by molar-refractivity contribution is 0.0390. The summed E-state index contributed by atoms with van der Waals surface area (Å²) in [7, 11) is 0. The fourth-order valence-corrected chi connectivity index (χ4v) is 2.61. The quantitative estimate of drug-likeness (QED) is 0.571. The van der Waals surface area contributed by atoms with Crippen LogP contribution in [0.15, 0.2) is 60.7 Å². The summed E-state index contributed by atoms with van der Waals surface area (Å²) in [6, 6.07) is 19.8. The van der Waals surface area contributed by atoms with Gasteiger partial charge in [0, 0.05) is 24.0 Å². The second kappa shape index (κ2) is 10.4. The van der Waals surface area contributed by atoms with Crippen molar-refractivity contribution >= 4 is 0 Å². The summed E-state index contributed by atoms with van der Waals surface area (Å²) in [6.07, 6.45) is 4.92. The molecule has 2 aromatic rings. The molecule has 0 bridgehead atoms. The highest BCUT2D eigenvalue weighted by Crippen LogP contribution is 2.22. The highest BCUT2D eigenvalue weighted by molar-refractivity contribution is 5.35. The average molecular weight is 330 g/mol. The molecule has 0 aromatic heterocycles. The first-order valence-electron chi connectivity index (χ1n) is 9.02. The molecule has 0 radical (unpaired) electrons. The van der Waals surface area contributed by atoms with Crippen LogP contribution in [0, 0.1) is 23.7 Å². The molecule has 0 fully saturated rings. The molecule has 0 aliphatic carbocycles. The van der Waals surface area contributed by atoms with Crippen molar-refractivity contribution in [2.75, 3.05) is 0 Å². The lowest BCUT2D eigenvalue weighted by Crippen LogP contribution is -2.27. The molecular formula is C24H26O. The number of benzene rings is 2. The molecule has 2 rings (SSSR count). The summed E-state index contributed by atoms with van der Waals surface area (Å²) < 4.78 is 0. The van der Waals surface area contributed by atoms with E-state index < -0.39 is 5.60 Å². The highest BCUT2D eigenvalue weighted by atomic mass is 16.3. The summed E-state index contributed by atoms with van der Waals surface area (Å²) in [5.74, 6) is 12.6. The van der Waals surface area contributed by atoms with Gasteiger partial charge in [0.1, 0.15) is 0 Å².